The van der Waals surface area contributed by atoms with E-state index < -0.39 is 0 Å². The molecule has 140 valence electrons. The zero-order valence-electron chi connectivity index (χ0n) is 16.0. The lowest BCUT2D eigenvalue weighted by Gasteiger charge is -2.19. The summed E-state index contributed by atoms with van der Waals surface area (Å²) < 4.78 is 1.71. The Hall–Kier alpha value is -3.54. The van der Waals surface area contributed by atoms with Crippen LogP contribution in [-0.2, 0) is 7.05 Å². The molecule has 0 saturated carbocycles. The molecule has 4 rings (SSSR count). The summed E-state index contributed by atoms with van der Waals surface area (Å²) in [5.74, 6) is -0.175. The van der Waals surface area contributed by atoms with Crippen molar-refractivity contribution in [1.82, 2.24) is 25.1 Å². The van der Waals surface area contributed by atoms with Crippen molar-refractivity contribution in [2.75, 3.05) is 0 Å². The highest BCUT2D eigenvalue weighted by Crippen LogP contribution is 2.24. The molecule has 0 aliphatic carbocycles. The van der Waals surface area contributed by atoms with Gasteiger partial charge in [0.25, 0.3) is 5.91 Å². The Balaban J connectivity index is 1.78. The van der Waals surface area contributed by atoms with Crippen molar-refractivity contribution in [1.29, 1.82) is 0 Å². The van der Waals surface area contributed by atoms with Crippen LogP contribution in [0.3, 0.4) is 0 Å². The maximum atomic E-state index is 13.3. The number of rotatable bonds is 4. The first-order valence-electron chi connectivity index (χ1n) is 9.12. The molecule has 0 fully saturated rings. The van der Waals surface area contributed by atoms with Gasteiger partial charge in [-0.3, -0.25) is 14.5 Å². The van der Waals surface area contributed by atoms with E-state index in [1.807, 2.05) is 75.5 Å². The van der Waals surface area contributed by atoms with Gasteiger partial charge in [-0.1, -0.05) is 36.4 Å². The van der Waals surface area contributed by atoms with Crippen LogP contribution in [0.15, 0.2) is 60.8 Å². The molecule has 0 aliphatic heterocycles. The summed E-state index contributed by atoms with van der Waals surface area (Å²) in [6.07, 6.45) is 1.73. The van der Waals surface area contributed by atoms with E-state index in [-0.39, 0.29) is 11.9 Å². The van der Waals surface area contributed by atoms with Crippen LogP contribution in [0.2, 0.25) is 0 Å². The summed E-state index contributed by atoms with van der Waals surface area (Å²) in [4.78, 5) is 22.3. The molecule has 28 heavy (non-hydrogen) atoms. The molecule has 6 heteroatoms. The van der Waals surface area contributed by atoms with Crippen LogP contribution < -0.4 is 5.32 Å². The van der Waals surface area contributed by atoms with Gasteiger partial charge in [-0.2, -0.15) is 5.10 Å². The van der Waals surface area contributed by atoms with Crippen LogP contribution in [0.1, 0.15) is 39.0 Å². The van der Waals surface area contributed by atoms with E-state index in [0.717, 1.165) is 28.0 Å². The predicted molar refractivity (Wildman–Crippen MR) is 108 cm³/mol. The number of aromatic nitrogens is 4. The molecule has 1 unspecified atom stereocenters. The third-order valence-electron chi connectivity index (χ3n) is 4.73. The molecule has 3 heterocycles. The van der Waals surface area contributed by atoms with Gasteiger partial charge in [0, 0.05) is 18.9 Å². The van der Waals surface area contributed by atoms with Crippen LogP contribution >= 0.6 is 0 Å². The maximum absolute atomic E-state index is 13.3. The highest BCUT2D eigenvalue weighted by molar-refractivity contribution is 6.06. The normalized spacial score (nSPS) is 12.1. The molecule has 1 N–H and O–H groups in total. The van der Waals surface area contributed by atoms with Gasteiger partial charge in [-0.15, -0.1) is 0 Å². The van der Waals surface area contributed by atoms with Gasteiger partial charge in [0.1, 0.15) is 0 Å². The molecule has 0 saturated heterocycles. The van der Waals surface area contributed by atoms with E-state index in [2.05, 4.69) is 20.4 Å². The van der Waals surface area contributed by atoms with Crippen molar-refractivity contribution in [3.05, 3.63) is 89.0 Å². The van der Waals surface area contributed by atoms with E-state index in [9.17, 15) is 4.79 Å². The number of fused-ring (bicyclic) bond motifs is 1. The third kappa shape index (κ3) is 3.24. The molecule has 1 atom stereocenters. The van der Waals surface area contributed by atoms with Crippen LogP contribution in [0.5, 0.6) is 0 Å². The molecule has 6 nitrogen and oxygen atoms in total. The van der Waals surface area contributed by atoms with E-state index in [1.165, 1.54) is 0 Å². The second kappa shape index (κ2) is 7.23. The third-order valence-corrected chi connectivity index (χ3v) is 4.73. The fourth-order valence-corrected chi connectivity index (χ4v) is 3.48. The Labute approximate surface area is 163 Å². The minimum absolute atomic E-state index is 0.175. The number of amides is 1. The number of benzene rings is 1. The lowest BCUT2D eigenvalue weighted by Crippen LogP contribution is -2.30. The topological polar surface area (TPSA) is 72.7 Å². The lowest BCUT2D eigenvalue weighted by atomic mass is 10.0. The quantitative estimate of drug-likeness (QED) is 0.596. The molecule has 1 amide bonds. The largest absolute Gasteiger partial charge is 0.340 e. The van der Waals surface area contributed by atoms with Crippen LogP contribution in [0, 0.1) is 13.8 Å². The molecule has 0 bridgehead atoms. The number of nitrogens with one attached hydrogen (secondary N) is 1. The number of nitrogens with zero attached hydrogens (tertiary/aromatic N) is 4. The average Bonchev–Trinajstić information content (AvgIpc) is 3.00. The highest BCUT2D eigenvalue weighted by Gasteiger charge is 2.22. The molecule has 0 spiro atoms. The van der Waals surface area contributed by atoms with Gasteiger partial charge >= 0.3 is 0 Å². The Bertz CT molecular complexity index is 1100. The smallest absolute Gasteiger partial charge is 0.252 e. The summed E-state index contributed by atoms with van der Waals surface area (Å²) in [5.41, 5.74) is 4.59. The SMILES string of the molecule is Cc1cc(C(=O)NC(c2ccccc2)c2ccccn2)c2c(C)nn(C)c2n1. The number of pyridine rings is 2. The van der Waals surface area contributed by atoms with Gasteiger partial charge in [0.2, 0.25) is 0 Å². The average molecular weight is 371 g/mol. The van der Waals surface area contributed by atoms with Crippen molar-refractivity contribution in [3.8, 4) is 0 Å². The number of carbonyl (C=O) groups excluding carboxylic acids is 1. The van der Waals surface area contributed by atoms with E-state index in [0.29, 0.717) is 11.2 Å². The standard InChI is InChI=1S/C22H21N5O/c1-14-13-17(19-15(2)26-27(3)21(19)24-14)22(28)25-20(16-9-5-4-6-10-16)18-11-7-8-12-23-18/h4-13,20H,1-3H3,(H,25,28). The first-order chi connectivity index (χ1) is 13.5. The van der Waals surface area contributed by atoms with Gasteiger partial charge in [0.15, 0.2) is 5.65 Å². The van der Waals surface area contributed by atoms with E-state index in [4.69, 9.17) is 0 Å². The van der Waals surface area contributed by atoms with Gasteiger partial charge in [0.05, 0.1) is 28.4 Å². The number of carbonyl (C=O) groups is 1. The summed E-state index contributed by atoms with van der Waals surface area (Å²) in [5, 5.41) is 8.36. The summed E-state index contributed by atoms with van der Waals surface area (Å²) in [7, 11) is 1.84. The molecule has 0 radical (unpaired) electrons. The molecule has 4 aromatic rings. The van der Waals surface area contributed by atoms with Crippen molar-refractivity contribution < 1.29 is 4.79 Å². The molecule has 1 aromatic carbocycles. The first-order valence-corrected chi connectivity index (χ1v) is 9.12. The van der Waals surface area contributed by atoms with E-state index >= 15 is 0 Å². The van der Waals surface area contributed by atoms with Gasteiger partial charge < -0.3 is 5.32 Å². The minimum Gasteiger partial charge on any atom is -0.340 e. The summed E-state index contributed by atoms with van der Waals surface area (Å²) in [6, 6.07) is 17.0. The number of hydrogen-bond donors (Lipinski definition) is 1. The zero-order chi connectivity index (χ0) is 19.7. The molecular weight excluding hydrogens is 350 g/mol. The zero-order valence-corrected chi connectivity index (χ0v) is 16.0. The maximum Gasteiger partial charge on any atom is 0.252 e. The molecule has 3 aromatic heterocycles. The van der Waals surface area contributed by atoms with Gasteiger partial charge in [-0.05, 0) is 37.6 Å². The van der Waals surface area contributed by atoms with Crippen molar-refractivity contribution in [2.45, 2.75) is 19.9 Å². The summed E-state index contributed by atoms with van der Waals surface area (Å²) >= 11 is 0. The monoisotopic (exact) mass is 371 g/mol. The Morgan fingerprint density at radius 2 is 1.82 bits per heavy atom. The van der Waals surface area contributed by atoms with Crippen molar-refractivity contribution >= 4 is 16.9 Å². The second-order valence-corrected chi connectivity index (χ2v) is 6.79. The predicted octanol–water partition coefficient (Wildman–Crippen LogP) is 3.50. The van der Waals surface area contributed by atoms with Crippen LogP contribution in [0.25, 0.3) is 11.0 Å². The fourth-order valence-electron chi connectivity index (χ4n) is 3.48. The lowest BCUT2D eigenvalue weighted by molar-refractivity contribution is 0.0943. The fraction of sp³-hybridized carbons (Fsp3) is 0.182. The number of hydrogen-bond acceptors (Lipinski definition) is 4. The Morgan fingerprint density at radius 3 is 2.54 bits per heavy atom. The Morgan fingerprint density at radius 1 is 1.07 bits per heavy atom. The minimum atomic E-state index is -0.351. The van der Waals surface area contributed by atoms with Crippen molar-refractivity contribution in [2.24, 2.45) is 7.05 Å². The highest BCUT2D eigenvalue weighted by atomic mass is 16.1. The van der Waals surface area contributed by atoms with Crippen LogP contribution in [-0.4, -0.2) is 25.7 Å². The van der Waals surface area contributed by atoms with Crippen molar-refractivity contribution in [3.63, 3.8) is 0 Å². The van der Waals surface area contributed by atoms with Gasteiger partial charge in [-0.25, -0.2) is 4.98 Å². The second-order valence-electron chi connectivity index (χ2n) is 6.79. The molecular formula is C22H21N5O. The van der Waals surface area contributed by atoms with Crippen LogP contribution in [0.4, 0.5) is 0 Å². The first kappa shape index (κ1) is 17.9. The molecule has 0 aliphatic rings. The number of aryl methyl sites for hydroxylation is 3. The summed E-state index contributed by atoms with van der Waals surface area (Å²) in [6.45, 7) is 3.77. The Kier molecular flexibility index (Phi) is 4.61. The van der Waals surface area contributed by atoms with E-state index in [1.54, 1.807) is 10.9 Å².